The molecule has 2 heterocycles. The highest BCUT2D eigenvalue weighted by Crippen LogP contribution is 2.27. The lowest BCUT2D eigenvalue weighted by molar-refractivity contribution is -0.130. The maximum Gasteiger partial charge on any atom is 0.254 e. The van der Waals surface area contributed by atoms with Gasteiger partial charge >= 0.3 is 0 Å². The van der Waals surface area contributed by atoms with Gasteiger partial charge in [-0.15, -0.1) is 0 Å². The quantitative estimate of drug-likeness (QED) is 0.161. The fourth-order valence-electron chi connectivity index (χ4n) is 6.15. The molecule has 2 aromatic carbocycles. The third-order valence-electron chi connectivity index (χ3n) is 8.70. The molecule has 0 aliphatic carbocycles. The van der Waals surface area contributed by atoms with E-state index in [0.29, 0.717) is 11.1 Å². The van der Waals surface area contributed by atoms with Crippen molar-refractivity contribution >= 4 is 31.9 Å². The monoisotopic (exact) mass is 726 g/mol. The van der Waals surface area contributed by atoms with Gasteiger partial charge in [-0.1, -0.05) is 88.4 Å². The molecular weight excluding hydrogens is 681 g/mol. The van der Waals surface area contributed by atoms with E-state index in [9.17, 15) is 36.6 Å². The number of rotatable bonds is 15. The Balaban J connectivity index is 1.65. The summed E-state index contributed by atoms with van der Waals surface area (Å²) in [4.78, 5) is 27.8. The van der Waals surface area contributed by atoms with Gasteiger partial charge in [0, 0.05) is 12.4 Å². The summed E-state index contributed by atoms with van der Waals surface area (Å²) in [5.41, 5.74) is 2.42. The Morgan fingerprint density at radius 2 is 0.960 bits per heavy atom. The number of amides is 2. The predicted molar refractivity (Wildman–Crippen MR) is 191 cm³/mol. The molecule has 14 heteroatoms. The van der Waals surface area contributed by atoms with Crippen LogP contribution in [0.5, 0.6) is 0 Å². The summed E-state index contributed by atoms with van der Waals surface area (Å²) >= 11 is 0. The topological polar surface area (TPSA) is 191 Å². The van der Waals surface area contributed by atoms with E-state index < -0.39 is 68.0 Å². The second-order valence-electron chi connectivity index (χ2n) is 13.3. The largest absolute Gasteiger partial charge is 0.388 e. The van der Waals surface area contributed by atoms with Gasteiger partial charge in [0.15, 0.2) is 0 Å². The van der Waals surface area contributed by atoms with Crippen LogP contribution in [0.3, 0.4) is 0 Å². The average molecular weight is 727 g/mol. The van der Waals surface area contributed by atoms with Crippen molar-refractivity contribution in [2.75, 3.05) is 0 Å². The first-order valence-electron chi connectivity index (χ1n) is 16.4. The zero-order valence-corrected chi connectivity index (χ0v) is 30.1. The smallest absolute Gasteiger partial charge is 0.254 e. The first-order valence-corrected chi connectivity index (χ1v) is 19.5. The van der Waals surface area contributed by atoms with Gasteiger partial charge < -0.3 is 20.8 Å². The summed E-state index contributed by atoms with van der Waals surface area (Å²) in [6.07, 6.45) is 2.40. The Morgan fingerprint density at radius 3 is 1.24 bits per heavy atom. The first kappa shape index (κ1) is 38.6. The molecule has 2 aromatic rings. The molecule has 0 aromatic heterocycles. The summed E-state index contributed by atoms with van der Waals surface area (Å²) in [6, 6.07) is 16.2. The van der Waals surface area contributed by atoms with E-state index in [1.165, 1.54) is 24.6 Å². The van der Waals surface area contributed by atoms with E-state index in [2.05, 4.69) is 20.1 Å². The lowest BCUT2D eigenvalue weighted by Crippen LogP contribution is -2.58. The summed E-state index contributed by atoms with van der Waals surface area (Å²) in [5.74, 6) is -3.08. The van der Waals surface area contributed by atoms with Crippen LogP contribution in [0.25, 0.3) is 0 Å². The number of benzene rings is 2. The van der Waals surface area contributed by atoms with Crippen molar-refractivity contribution in [2.45, 2.75) is 64.8 Å². The number of sulfonamides is 2. The molecule has 12 nitrogen and oxygen atoms in total. The highest BCUT2D eigenvalue weighted by Gasteiger charge is 2.38. The molecule has 0 fully saturated rings. The van der Waals surface area contributed by atoms with E-state index in [0.717, 1.165) is 21.9 Å². The number of aliphatic hydroxyl groups is 2. The number of carbonyl (C=O) groups is 2. The molecule has 6 unspecified atom stereocenters. The number of aliphatic hydroxyl groups excluding tert-OH is 2. The van der Waals surface area contributed by atoms with E-state index >= 15 is 0 Å². The van der Waals surface area contributed by atoms with Crippen LogP contribution in [0.2, 0.25) is 0 Å². The zero-order chi connectivity index (χ0) is 36.6. The Hall–Kier alpha value is -4.24. The Labute approximate surface area is 294 Å². The van der Waals surface area contributed by atoms with Gasteiger partial charge in [-0.25, -0.2) is 16.8 Å². The lowest BCUT2D eigenvalue weighted by Gasteiger charge is -2.35. The predicted octanol–water partition coefficient (Wildman–Crippen LogP) is 2.37. The minimum Gasteiger partial charge on any atom is -0.388 e. The van der Waals surface area contributed by atoms with Crippen LogP contribution < -0.4 is 20.1 Å². The number of carbonyl (C=O) groups excluding carboxylic acids is 2. The van der Waals surface area contributed by atoms with Crippen LogP contribution in [0.4, 0.5) is 0 Å². The van der Waals surface area contributed by atoms with Crippen molar-refractivity contribution in [2.24, 2.45) is 23.7 Å². The van der Waals surface area contributed by atoms with Crippen LogP contribution in [0.1, 0.15) is 38.8 Å². The van der Waals surface area contributed by atoms with E-state index in [1.54, 1.807) is 0 Å². The fraction of sp³-hybridized carbons (Fsp3) is 0.389. The van der Waals surface area contributed by atoms with Crippen LogP contribution in [-0.2, 0) is 42.5 Å². The molecule has 50 heavy (non-hydrogen) atoms. The molecule has 6 atom stereocenters. The van der Waals surface area contributed by atoms with Gasteiger partial charge in [-0.05, 0) is 59.1 Å². The molecule has 6 N–H and O–H groups in total. The van der Waals surface area contributed by atoms with Crippen molar-refractivity contribution in [1.29, 1.82) is 0 Å². The van der Waals surface area contributed by atoms with Gasteiger partial charge in [0.1, 0.15) is 12.2 Å². The maximum atomic E-state index is 13.9. The third-order valence-corrected chi connectivity index (χ3v) is 10.6. The van der Waals surface area contributed by atoms with E-state index in [4.69, 9.17) is 0 Å². The maximum absolute atomic E-state index is 13.9. The number of hydrogen-bond donors (Lipinski definition) is 6. The molecule has 2 amide bonds. The van der Waals surface area contributed by atoms with Gasteiger partial charge in [0.05, 0.1) is 34.7 Å². The minimum absolute atomic E-state index is 0.135. The zero-order valence-electron chi connectivity index (χ0n) is 28.4. The van der Waals surface area contributed by atoms with E-state index in [1.807, 2.05) is 88.4 Å². The summed E-state index contributed by atoms with van der Waals surface area (Å²) in [5, 5.41) is 31.5. The summed E-state index contributed by atoms with van der Waals surface area (Å²) in [6.45, 7) is 7.27. The van der Waals surface area contributed by atoms with Crippen molar-refractivity contribution < 1.29 is 36.6 Å². The first-order chi connectivity index (χ1) is 23.6. The number of allylic oxidation sites excluding steroid dienone is 2. The van der Waals surface area contributed by atoms with E-state index in [-0.39, 0.29) is 24.7 Å². The molecule has 0 saturated carbocycles. The van der Waals surface area contributed by atoms with Crippen molar-refractivity contribution in [3.8, 4) is 0 Å². The normalized spacial score (nSPS) is 19.8. The van der Waals surface area contributed by atoms with Crippen molar-refractivity contribution in [1.82, 2.24) is 20.1 Å². The second-order valence-corrected chi connectivity index (χ2v) is 16.4. The second kappa shape index (κ2) is 16.6. The molecule has 270 valence electrons. The molecule has 0 saturated heterocycles. The number of nitrogens with one attached hydrogen (secondary N) is 4. The molecule has 0 spiro atoms. The number of hydrogen-bond acceptors (Lipinski definition) is 8. The Morgan fingerprint density at radius 1 is 0.620 bits per heavy atom. The summed E-state index contributed by atoms with van der Waals surface area (Å²) < 4.78 is 52.2. The lowest BCUT2D eigenvalue weighted by atomic mass is 9.85. The molecule has 4 rings (SSSR count). The molecular formula is C36H46N4O8S2. The minimum atomic E-state index is -3.64. The molecule has 0 radical (unpaired) electrons. The third kappa shape index (κ3) is 10.4. The van der Waals surface area contributed by atoms with Gasteiger partial charge in [-0.3, -0.25) is 19.0 Å². The van der Waals surface area contributed by atoms with Crippen LogP contribution >= 0.6 is 0 Å². The highest BCUT2D eigenvalue weighted by molar-refractivity contribution is 7.92. The van der Waals surface area contributed by atoms with Gasteiger partial charge in [0.2, 0.25) is 11.8 Å². The van der Waals surface area contributed by atoms with Crippen LogP contribution in [0.15, 0.2) is 107 Å². The molecule has 0 bridgehead atoms. The van der Waals surface area contributed by atoms with Crippen molar-refractivity contribution in [3.05, 3.63) is 118 Å². The Kier molecular flexibility index (Phi) is 12.8. The average Bonchev–Trinajstić information content (AvgIpc) is 3.06. The molecule has 2 aliphatic rings. The van der Waals surface area contributed by atoms with Crippen LogP contribution in [-0.4, -0.2) is 63.2 Å². The van der Waals surface area contributed by atoms with Gasteiger partial charge in [-0.2, -0.15) is 0 Å². The fourth-order valence-corrected chi connectivity index (χ4v) is 7.58. The standard InChI is InChI=1S/C36H46N4O8S2/c1-23(2)31(27-15-17-49(45,46)37-21-27)35(43)39-29(19-25-11-7-5-8-12-25)33(41)34(42)30(20-26-13-9-6-10-14-26)40-36(44)32(24(3)4)28-16-18-50(47,48)38-22-28/h5-18,21-24,29-34,37-38,41-42H,19-20H2,1-4H3,(H,39,43)(H,40,44). The highest BCUT2D eigenvalue weighted by atomic mass is 32.2. The van der Waals surface area contributed by atoms with Gasteiger partial charge in [0.25, 0.3) is 20.0 Å². The SMILES string of the molecule is CC(C)C(C(=O)NC(Cc1ccccc1)C(O)C(O)C(Cc1ccccc1)NC(=O)C(C1=CNS(=O)(=O)C=C1)C(C)C)C1=CNS(=O)(=O)C=C1. The summed E-state index contributed by atoms with van der Waals surface area (Å²) in [7, 11) is -7.28. The van der Waals surface area contributed by atoms with Crippen LogP contribution in [0, 0.1) is 23.7 Å². The molecule has 2 aliphatic heterocycles. The Bertz CT molecular complexity index is 1700. The van der Waals surface area contributed by atoms with Crippen molar-refractivity contribution in [3.63, 3.8) is 0 Å².